The summed E-state index contributed by atoms with van der Waals surface area (Å²) in [6.07, 6.45) is 1.91. The molecule has 4 N–H and O–H groups in total. The van der Waals surface area contributed by atoms with Gasteiger partial charge in [0.25, 0.3) is 5.56 Å². The molecule has 16 heteroatoms. The fourth-order valence-corrected chi connectivity index (χ4v) is 6.03. The maximum atomic E-state index is 13.6. The van der Waals surface area contributed by atoms with Gasteiger partial charge in [-0.15, -0.1) is 0 Å². The van der Waals surface area contributed by atoms with Gasteiger partial charge in [0, 0.05) is 31.6 Å². The largest absolute Gasteiger partial charge is 0.354 e. The Balaban J connectivity index is 1.37. The Hall–Kier alpha value is -5.93. The highest BCUT2D eigenvalue weighted by Crippen LogP contribution is 2.19. The van der Waals surface area contributed by atoms with Gasteiger partial charge in [0.1, 0.15) is 24.5 Å². The molecule has 0 unspecified atom stereocenters. The van der Waals surface area contributed by atoms with Crippen LogP contribution in [0.25, 0.3) is 22.3 Å². The summed E-state index contributed by atoms with van der Waals surface area (Å²) < 4.78 is 2.79. The van der Waals surface area contributed by atoms with Crippen molar-refractivity contribution in [3.8, 4) is 11.4 Å². The minimum absolute atomic E-state index is 0.0331. The fourth-order valence-electron chi connectivity index (χ4n) is 6.03. The van der Waals surface area contributed by atoms with Crippen LogP contribution in [0.1, 0.15) is 58.8 Å². The molecule has 0 spiro atoms. The highest BCUT2D eigenvalue weighted by molar-refractivity contribution is 5.93. The number of nitrogens with one attached hydrogen (secondary N) is 4. The predicted octanol–water partition coefficient (Wildman–Crippen LogP) is 1.31. The predicted molar refractivity (Wildman–Crippen MR) is 196 cm³/mol. The molecule has 2 aromatic carbocycles. The van der Waals surface area contributed by atoms with E-state index in [1.165, 1.54) is 27.4 Å². The van der Waals surface area contributed by atoms with E-state index in [-0.39, 0.29) is 56.5 Å². The van der Waals surface area contributed by atoms with E-state index >= 15 is 0 Å². The second-order valence-electron chi connectivity index (χ2n) is 13.6. The summed E-state index contributed by atoms with van der Waals surface area (Å²) in [4.78, 5) is 90.1. The zero-order valence-corrected chi connectivity index (χ0v) is 30.4. The van der Waals surface area contributed by atoms with E-state index in [1.807, 2.05) is 44.2 Å². The Morgan fingerprint density at radius 1 is 0.868 bits per heavy atom. The molecular weight excluding hydrogens is 680 g/mol. The number of carbonyl (C=O) groups excluding carboxylic acids is 5. The molecule has 16 nitrogen and oxygen atoms in total. The summed E-state index contributed by atoms with van der Waals surface area (Å²) in [7, 11) is 0. The lowest BCUT2D eigenvalue weighted by Gasteiger charge is -2.25. The molecule has 0 fully saturated rings. The Bertz CT molecular complexity index is 2010. The molecule has 1 aliphatic heterocycles. The Morgan fingerprint density at radius 2 is 1.60 bits per heavy atom. The number of rotatable bonds is 6. The summed E-state index contributed by atoms with van der Waals surface area (Å²) in [5.74, 6) is -1.64. The van der Waals surface area contributed by atoms with E-state index < -0.39 is 41.8 Å². The van der Waals surface area contributed by atoms with Gasteiger partial charge in [0.05, 0.1) is 29.8 Å². The highest BCUT2D eigenvalue weighted by atomic mass is 16.2. The molecule has 3 heterocycles. The molecule has 5 rings (SSSR count). The van der Waals surface area contributed by atoms with Gasteiger partial charge >= 0.3 is 0 Å². The number of nitrogens with zero attached hydrogens (tertiary/aromatic N) is 6. The SMILES string of the molecule is CC(C)C[C@H]1NC(=O)[C@@H](C)NC(=O)CN(C(=O)CCn2cnc3ccccc3c2=O)CCCNC(=O)Cn2nc(-c3ccccc3)nc2[C@H](C)NC1=O. The number of benzene rings is 2. The third kappa shape index (κ3) is 10.1. The molecular formula is C37H46N10O6. The highest BCUT2D eigenvalue weighted by Gasteiger charge is 2.29. The topological polar surface area (TPSA) is 202 Å². The fraction of sp³-hybridized carbons (Fsp3) is 0.432. The van der Waals surface area contributed by atoms with Crippen molar-refractivity contribution in [3.63, 3.8) is 0 Å². The van der Waals surface area contributed by atoms with Crippen LogP contribution >= 0.6 is 0 Å². The smallest absolute Gasteiger partial charge is 0.261 e. The van der Waals surface area contributed by atoms with E-state index in [9.17, 15) is 28.8 Å². The number of para-hydroxylation sites is 1. The van der Waals surface area contributed by atoms with Crippen molar-refractivity contribution in [1.29, 1.82) is 0 Å². The minimum Gasteiger partial charge on any atom is -0.354 e. The first kappa shape index (κ1) is 38.3. The first-order chi connectivity index (χ1) is 25.4. The molecule has 3 atom stereocenters. The lowest BCUT2D eigenvalue weighted by atomic mass is 10.0. The maximum absolute atomic E-state index is 13.6. The Kier molecular flexibility index (Phi) is 12.7. The van der Waals surface area contributed by atoms with Crippen molar-refractivity contribution < 1.29 is 24.0 Å². The number of amides is 5. The van der Waals surface area contributed by atoms with Crippen LogP contribution in [-0.4, -0.2) is 90.5 Å². The zero-order valence-electron chi connectivity index (χ0n) is 30.4. The number of aromatic nitrogens is 5. The average molecular weight is 727 g/mol. The summed E-state index contributed by atoms with van der Waals surface area (Å²) in [5, 5.41) is 16.2. The number of aryl methyl sites for hydroxylation is 1. The van der Waals surface area contributed by atoms with E-state index in [0.29, 0.717) is 35.4 Å². The van der Waals surface area contributed by atoms with Crippen LogP contribution in [0, 0.1) is 5.92 Å². The van der Waals surface area contributed by atoms with Gasteiger partial charge in [-0.1, -0.05) is 56.3 Å². The van der Waals surface area contributed by atoms with Gasteiger partial charge in [-0.2, -0.15) is 5.10 Å². The summed E-state index contributed by atoms with van der Waals surface area (Å²) in [6.45, 7) is 6.82. The molecule has 4 aromatic rings. The Labute approximate surface area is 306 Å². The molecule has 0 aliphatic carbocycles. The van der Waals surface area contributed by atoms with E-state index in [0.717, 1.165) is 5.56 Å². The second kappa shape index (κ2) is 17.5. The van der Waals surface area contributed by atoms with Crippen LogP contribution in [0.15, 0.2) is 65.7 Å². The zero-order chi connectivity index (χ0) is 38.1. The summed E-state index contributed by atoms with van der Waals surface area (Å²) >= 11 is 0. The van der Waals surface area contributed by atoms with Crippen LogP contribution in [0.4, 0.5) is 0 Å². The maximum Gasteiger partial charge on any atom is 0.261 e. The monoisotopic (exact) mass is 726 g/mol. The van der Waals surface area contributed by atoms with Crippen molar-refractivity contribution in [1.82, 2.24) is 50.5 Å². The van der Waals surface area contributed by atoms with Gasteiger partial charge in [0.15, 0.2) is 5.82 Å². The van der Waals surface area contributed by atoms with Crippen LogP contribution in [0.5, 0.6) is 0 Å². The Morgan fingerprint density at radius 3 is 2.36 bits per heavy atom. The number of carbonyl (C=O) groups is 5. The van der Waals surface area contributed by atoms with Crippen molar-refractivity contribution in [2.75, 3.05) is 19.6 Å². The van der Waals surface area contributed by atoms with Gasteiger partial charge < -0.3 is 26.2 Å². The molecule has 0 radical (unpaired) electrons. The minimum atomic E-state index is -1.03. The first-order valence-corrected chi connectivity index (χ1v) is 17.8. The third-order valence-corrected chi connectivity index (χ3v) is 8.79. The number of hydrogen-bond donors (Lipinski definition) is 4. The van der Waals surface area contributed by atoms with Gasteiger partial charge in [-0.05, 0) is 44.7 Å². The van der Waals surface area contributed by atoms with Crippen LogP contribution in [-0.2, 0) is 37.1 Å². The van der Waals surface area contributed by atoms with Crippen molar-refractivity contribution in [3.05, 3.63) is 77.1 Å². The molecule has 5 amide bonds. The molecule has 0 bridgehead atoms. The normalized spacial score (nSPS) is 19.6. The van der Waals surface area contributed by atoms with E-state index in [2.05, 4.69) is 36.3 Å². The first-order valence-electron chi connectivity index (χ1n) is 17.8. The molecule has 0 saturated heterocycles. The quantitative estimate of drug-likeness (QED) is 0.226. The molecule has 53 heavy (non-hydrogen) atoms. The number of fused-ring (bicyclic) bond motifs is 2. The number of hydrogen-bond acceptors (Lipinski definition) is 9. The molecule has 1 aliphatic rings. The standard InChI is InChI=1S/C37H46N10O6/c1-23(2)19-29-36(52)41-24(3)34-43-33(26-11-6-5-7-12-26)44-47(34)21-30(48)38-16-10-17-45(20-31(49)40-25(4)35(51)42-29)32(50)15-18-46-22-39-28-14-9-8-13-27(28)37(46)53/h5-9,11-14,22-25,29H,10,15-21H2,1-4H3,(H,38,48)(H,40,49)(H,41,52)(H,42,51)/t24-,25+,29+/m0/s1. The lowest BCUT2D eigenvalue weighted by molar-refractivity contribution is -0.137. The van der Waals surface area contributed by atoms with E-state index in [4.69, 9.17) is 0 Å². The van der Waals surface area contributed by atoms with E-state index in [1.54, 1.807) is 31.2 Å². The average Bonchev–Trinajstić information content (AvgIpc) is 3.55. The van der Waals surface area contributed by atoms with Crippen molar-refractivity contribution >= 4 is 40.4 Å². The van der Waals surface area contributed by atoms with Gasteiger partial charge in [-0.3, -0.25) is 33.3 Å². The van der Waals surface area contributed by atoms with Crippen LogP contribution in [0.3, 0.4) is 0 Å². The molecule has 2 aromatic heterocycles. The molecule has 0 saturated carbocycles. The van der Waals surface area contributed by atoms with Gasteiger partial charge in [-0.25, -0.2) is 14.6 Å². The third-order valence-electron chi connectivity index (χ3n) is 8.79. The lowest BCUT2D eigenvalue weighted by Crippen LogP contribution is -2.54. The summed E-state index contributed by atoms with van der Waals surface area (Å²) in [5.41, 5.74) is 0.986. The van der Waals surface area contributed by atoms with Crippen LogP contribution in [0.2, 0.25) is 0 Å². The van der Waals surface area contributed by atoms with Crippen molar-refractivity contribution in [2.45, 2.75) is 78.2 Å². The summed E-state index contributed by atoms with van der Waals surface area (Å²) in [6, 6.07) is 13.5. The second-order valence-corrected chi connectivity index (χ2v) is 13.6. The van der Waals surface area contributed by atoms with Gasteiger partial charge in [0.2, 0.25) is 29.5 Å². The van der Waals surface area contributed by atoms with Crippen molar-refractivity contribution in [2.24, 2.45) is 5.92 Å². The van der Waals surface area contributed by atoms with Crippen LogP contribution < -0.4 is 26.8 Å². The molecule has 280 valence electrons.